The lowest BCUT2D eigenvalue weighted by Crippen LogP contribution is -2.51. The minimum absolute atomic E-state index is 0.0528. The highest BCUT2D eigenvalue weighted by Crippen LogP contribution is 2.23. The average molecular weight is 422 g/mol. The van der Waals surface area contributed by atoms with Crippen LogP contribution in [0.3, 0.4) is 0 Å². The zero-order chi connectivity index (χ0) is 23.1. The Hall–Kier alpha value is -2.77. The van der Waals surface area contributed by atoms with Gasteiger partial charge < -0.3 is 25.4 Å². The molecule has 0 bridgehead atoms. The first-order valence-electron chi connectivity index (χ1n) is 10.2. The van der Waals surface area contributed by atoms with E-state index in [0.29, 0.717) is 5.56 Å². The van der Waals surface area contributed by atoms with Crippen LogP contribution in [0.5, 0.6) is 5.75 Å². The maximum Gasteiger partial charge on any atom is 0.408 e. The Balaban J connectivity index is 3.04. The fraction of sp³-hybridized carbons (Fsp3) is 0.591. The van der Waals surface area contributed by atoms with Gasteiger partial charge in [-0.05, 0) is 58.7 Å². The molecule has 1 aromatic rings. The third kappa shape index (κ3) is 7.93. The largest absolute Gasteiger partial charge is 0.508 e. The number of phenols is 1. The number of carbonyl (C=O) groups is 3. The van der Waals surface area contributed by atoms with Crippen molar-refractivity contribution in [3.05, 3.63) is 29.8 Å². The maximum atomic E-state index is 13.0. The van der Waals surface area contributed by atoms with E-state index in [-0.39, 0.29) is 17.7 Å². The van der Waals surface area contributed by atoms with Gasteiger partial charge in [-0.3, -0.25) is 9.59 Å². The summed E-state index contributed by atoms with van der Waals surface area (Å²) in [6.45, 7) is 10.7. The molecule has 3 atom stereocenters. The summed E-state index contributed by atoms with van der Waals surface area (Å²) in [5.41, 5.74) is -0.142. The monoisotopic (exact) mass is 421 g/mol. The van der Waals surface area contributed by atoms with Crippen molar-refractivity contribution in [2.75, 3.05) is 7.05 Å². The van der Waals surface area contributed by atoms with Gasteiger partial charge in [-0.1, -0.05) is 25.5 Å². The van der Waals surface area contributed by atoms with Gasteiger partial charge in [0.2, 0.25) is 11.8 Å². The standard InChI is InChI=1S/C22H35N3O5/c1-8-9-14(2)23-19(27)18(16-10-12-17(26)13-11-16)25(7)20(28)15(3)24-21(29)30-22(4,5)6/h10-15,18,26H,8-9H2,1-7H3,(H,23,27)(H,24,29). The Morgan fingerprint density at radius 2 is 1.67 bits per heavy atom. The molecule has 0 aromatic heterocycles. The predicted octanol–water partition coefficient (Wildman–Crippen LogP) is 3.11. The zero-order valence-corrected chi connectivity index (χ0v) is 19.0. The molecule has 0 spiro atoms. The number of rotatable bonds is 8. The molecule has 8 nitrogen and oxygen atoms in total. The van der Waals surface area contributed by atoms with Gasteiger partial charge in [0.15, 0.2) is 0 Å². The number of alkyl carbamates (subject to hydrolysis) is 1. The lowest BCUT2D eigenvalue weighted by Gasteiger charge is -2.31. The number of benzene rings is 1. The van der Waals surface area contributed by atoms with Gasteiger partial charge in [0.05, 0.1) is 0 Å². The second-order valence-electron chi connectivity index (χ2n) is 8.51. The molecule has 1 aromatic carbocycles. The number of hydrogen-bond acceptors (Lipinski definition) is 5. The number of phenolic OH excluding ortho intramolecular Hbond substituents is 1. The molecule has 0 aliphatic rings. The van der Waals surface area contributed by atoms with Crippen LogP contribution >= 0.6 is 0 Å². The summed E-state index contributed by atoms with van der Waals surface area (Å²) in [4.78, 5) is 39.3. The average Bonchev–Trinajstić information content (AvgIpc) is 2.61. The molecule has 0 radical (unpaired) electrons. The Kier molecular flexibility index (Phi) is 9.14. The summed E-state index contributed by atoms with van der Waals surface area (Å²) in [5, 5.41) is 15.0. The fourth-order valence-electron chi connectivity index (χ4n) is 3.01. The van der Waals surface area contributed by atoms with Gasteiger partial charge >= 0.3 is 6.09 Å². The van der Waals surface area contributed by atoms with Crippen molar-refractivity contribution in [3.63, 3.8) is 0 Å². The van der Waals surface area contributed by atoms with E-state index in [1.54, 1.807) is 32.9 Å². The highest BCUT2D eigenvalue weighted by Gasteiger charge is 2.32. The van der Waals surface area contributed by atoms with E-state index in [1.807, 2.05) is 13.8 Å². The molecule has 0 heterocycles. The summed E-state index contributed by atoms with van der Waals surface area (Å²) >= 11 is 0. The van der Waals surface area contributed by atoms with Crippen LogP contribution in [-0.4, -0.2) is 52.6 Å². The molecular formula is C22H35N3O5. The van der Waals surface area contributed by atoms with Crippen LogP contribution in [0, 0.1) is 0 Å². The maximum absolute atomic E-state index is 13.0. The minimum atomic E-state index is -0.916. The van der Waals surface area contributed by atoms with Crippen LogP contribution < -0.4 is 10.6 Å². The van der Waals surface area contributed by atoms with Crippen molar-refractivity contribution < 1.29 is 24.2 Å². The lowest BCUT2D eigenvalue weighted by atomic mass is 10.0. The van der Waals surface area contributed by atoms with E-state index >= 15 is 0 Å². The Morgan fingerprint density at radius 3 is 2.17 bits per heavy atom. The lowest BCUT2D eigenvalue weighted by molar-refractivity contribution is -0.140. The first-order chi connectivity index (χ1) is 13.9. The predicted molar refractivity (Wildman–Crippen MR) is 115 cm³/mol. The number of nitrogens with one attached hydrogen (secondary N) is 2. The van der Waals surface area contributed by atoms with Crippen molar-refractivity contribution in [1.29, 1.82) is 0 Å². The molecule has 0 fully saturated rings. The van der Waals surface area contributed by atoms with E-state index in [2.05, 4.69) is 10.6 Å². The second-order valence-corrected chi connectivity index (χ2v) is 8.51. The summed E-state index contributed by atoms with van der Waals surface area (Å²) in [6, 6.07) is 4.26. The number of nitrogens with zero attached hydrogens (tertiary/aromatic N) is 1. The Morgan fingerprint density at radius 1 is 1.10 bits per heavy atom. The number of likely N-dealkylation sites (N-methyl/N-ethyl adjacent to an activating group) is 1. The van der Waals surface area contributed by atoms with Crippen LogP contribution in [0.25, 0.3) is 0 Å². The van der Waals surface area contributed by atoms with Crippen LogP contribution in [0.4, 0.5) is 4.79 Å². The van der Waals surface area contributed by atoms with E-state index < -0.39 is 29.7 Å². The van der Waals surface area contributed by atoms with Crippen molar-refractivity contribution in [1.82, 2.24) is 15.5 Å². The molecule has 0 aliphatic heterocycles. The van der Waals surface area contributed by atoms with E-state index in [4.69, 9.17) is 4.74 Å². The third-order valence-electron chi connectivity index (χ3n) is 4.41. The van der Waals surface area contributed by atoms with Crippen molar-refractivity contribution in [2.45, 2.75) is 78.1 Å². The molecule has 168 valence electrons. The first-order valence-corrected chi connectivity index (χ1v) is 10.2. The summed E-state index contributed by atoms with van der Waals surface area (Å²) in [6.07, 6.45) is 1.01. The zero-order valence-electron chi connectivity index (χ0n) is 19.0. The number of amides is 3. The van der Waals surface area contributed by atoms with Gasteiger partial charge in [-0.15, -0.1) is 0 Å². The van der Waals surface area contributed by atoms with Crippen molar-refractivity contribution in [2.24, 2.45) is 0 Å². The molecule has 8 heteroatoms. The van der Waals surface area contributed by atoms with Gasteiger partial charge in [-0.2, -0.15) is 0 Å². The van der Waals surface area contributed by atoms with Crippen molar-refractivity contribution >= 4 is 17.9 Å². The van der Waals surface area contributed by atoms with Gasteiger partial charge in [0.25, 0.3) is 0 Å². The highest BCUT2D eigenvalue weighted by atomic mass is 16.6. The molecule has 3 amide bonds. The number of ether oxygens (including phenoxy) is 1. The highest BCUT2D eigenvalue weighted by molar-refractivity contribution is 5.91. The number of carbonyl (C=O) groups excluding carboxylic acids is 3. The Bertz CT molecular complexity index is 727. The summed E-state index contributed by atoms with van der Waals surface area (Å²) in [7, 11) is 1.51. The normalized spacial score (nSPS) is 14.2. The van der Waals surface area contributed by atoms with E-state index in [0.717, 1.165) is 12.8 Å². The van der Waals surface area contributed by atoms with Crippen LogP contribution in [0.2, 0.25) is 0 Å². The third-order valence-corrected chi connectivity index (χ3v) is 4.41. The quantitative estimate of drug-likeness (QED) is 0.598. The molecule has 3 N–H and O–H groups in total. The van der Waals surface area contributed by atoms with Gasteiger partial charge in [0.1, 0.15) is 23.4 Å². The summed E-state index contributed by atoms with van der Waals surface area (Å²) < 4.78 is 5.20. The number of aromatic hydroxyl groups is 1. The molecule has 30 heavy (non-hydrogen) atoms. The van der Waals surface area contributed by atoms with Crippen molar-refractivity contribution in [3.8, 4) is 5.75 Å². The van der Waals surface area contributed by atoms with Gasteiger partial charge in [0, 0.05) is 13.1 Å². The van der Waals surface area contributed by atoms with Crippen LogP contribution in [0.15, 0.2) is 24.3 Å². The molecule has 0 saturated heterocycles. The molecule has 0 saturated carbocycles. The number of hydrogen-bond donors (Lipinski definition) is 3. The smallest absolute Gasteiger partial charge is 0.408 e. The van der Waals surface area contributed by atoms with E-state index in [1.165, 1.54) is 31.0 Å². The van der Waals surface area contributed by atoms with Crippen LogP contribution in [0.1, 0.15) is 66.0 Å². The fourth-order valence-corrected chi connectivity index (χ4v) is 3.01. The second kappa shape index (κ2) is 10.8. The topological polar surface area (TPSA) is 108 Å². The molecule has 1 rings (SSSR count). The minimum Gasteiger partial charge on any atom is -0.508 e. The first kappa shape index (κ1) is 25.3. The Labute approximate surface area is 179 Å². The summed E-state index contributed by atoms with van der Waals surface area (Å²) in [5.74, 6) is -0.717. The van der Waals surface area contributed by atoms with Crippen LogP contribution in [-0.2, 0) is 14.3 Å². The molecular weight excluding hydrogens is 386 g/mol. The SMILES string of the molecule is CCCC(C)NC(=O)C(c1ccc(O)cc1)N(C)C(=O)C(C)NC(=O)OC(C)(C)C. The van der Waals surface area contributed by atoms with Gasteiger partial charge in [-0.25, -0.2) is 4.79 Å². The van der Waals surface area contributed by atoms with E-state index in [9.17, 15) is 19.5 Å². The molecule has 3 unspecified atom stereocenters. The molecule has 0 aliphatic carbocycles.